The number of nitrogens with two attached hydrogens (primary N) is 1. The van der Waals surface area contributed by atoms with Crippen molar-refractivity contribution in [3.05, 3.63) is 30.3 Å². The third-order valence-electron chi connectivity index (χ3n) is 4.20. The molecule has 0 amide bonds. The lowest BCUT2D eigenvalue weighted by atomic mass is 9.95. The number of nitrogen functional groups attached to an aromatic ring is 1. The molecule has 4 nitrogen and oxygen atoms in total. The molecular weight excluding hydrogens is 270 g/mol. The van der Waals surface area contributed by atoms with Crippen LogP contribution in [-0.4, -0.2) is 22.6 Å². The van der Waals surface area contributed by atoms with E-state index in [2.05, 4.69) is 21.8 Å². The summed E-state index contributed by atoms with van der Waals surface area (Å²) in [6, 6.07) is 10.6. The van der Waals surface area contributed by atoms with E-state index < -0.39 is 0 Å². The highest BCUT2D eigenvalue weighted by atomic mass is 32.1. The van der Waals surface area contributed by atoms with Crippen molar-refractivity contribution < 1.29 is 4.74 Å². The smallest absolute Gasteiger partial charge is 0.147 e. The molecule has 3 heterocycles. The van der Waals surface area contributed by atoms with E-state index in [4.69, 9.17) is 10.5 Å². The second-order valence-electron chi connectivity index (χ2n) is 5.50. The molecule has 2 aliphatic heterocycles. The number of hydrogen-bond acceptors (Lipinski definition) is 5. The number of hydrogen-bond donors (Lipinski definition) is 2. The van der Waals surface area contributed by atoms with E-state index in [1.165, 1.54) is 18.0 Å². The van der Waals surface area contributed by atoms with Gasteiger partial charge in [0.25, 0.3) is 0 Å². The zero-order valence-electron chi connectivity index (χ0n) is 11.1. The Kier molecular flexibility index (Phi) is 2.89. The molecule has 2 bridgehead atoms. The Morgan fingerprint density at radius 2 is 2.10 bits per heavy atom. The van der Waals surface area contributed by atoms with Crippen LogP contribution in [0, 0.1) is 0 Å². The summed E-state index contributed by atoms with van der Waals surface area (Å²) >= 11 is 1.44. The summed E-state index contributed by atoms with van der Waals surface area (Å²) in [4.78, 5) is 0. The fourth-order valence-electron chi connectivity index (χ4n) is 3.24. The molecule has 2 fully saturated rings. The molecule has 3 unspecified atom stereocenters. The monoisotopic (exact) mass is 287 g/mol. The number of anilines is 2. The van der Waals surface area contributed by atoms with Crippen LogP contribution < -0.4 is 11.1 Å². The molecule has 0 spiro atoms. The number of ether oxygens (including phenoxy) is 1. The van der Waals surface area contributed by atoms with Crippen LogP contribution in [0.2, 0.25) is 0 Å². The number of nitrogens with one attached hydrogen (secondary N) is 1. The molecule has 1 aromatic heterocycles. The van der Waals surface area contributed by atoms with Gasteiger partial charge >= 0.3 is 0 Å². The Bertz CT molecular complexity index is 613. The third-order valence-corrected chi connectivity index (χ3v) is 5.00. The minimum absolute atomic E-state index is 0.354. The van der Waals surface area contributed by atoms with Gasteiger partial charge < -0.3 is 15.8 Å². The minimum atomic E-state index is 0.354. The minimum Gasteiger partial charge on any atom is -0.382 e. The summed E-state index contributed by atoms with van der Waals surface area (Å²) in [5.41, 5.74) is 8.19. The fraction of sp³-hybridized carbons (Fsp3) is 0.400. The first-order valence-electron chi connectivity index (χ1n) is 7.04. The van der Waals surface area contributed by atoms with E-state index in [0.717, 1.165) is 29.0 Å². The summed E-state index contributed by atoms with van der Waals surface area (Å²) in [5, 5.41) is 4.68. The van der Waals surface area contributed by atoms with E-state index in [9.17, 15) is 0 Å². The van der Waals surface area contributed by atoms with Gasteiger partial charge in [0.05, 0.1) is 23.8 Å². The first kappa shape index (κ1) is 12.2. The molecule has 0 aliphatic carbocycles. The molecule has 2 aromatic rings. The van der Waals surface area contributed by atoms with Gasteiger partial charge in [-0.3, -0.25) is 0 Å². The van der Waals surface area contributed by atoms with Crippen LogP contribution in [0.3, 0.4) is 0 Å². The van der Waals surface area contributed by atoms with E-state index >= 15 is 0 Å². The van der Waals surface area contributed by atoms with Crippen LogP contribution in [0.25, 0.3) is 11.1 Å². The molecule has 2 aliphatic rings. The van der Waals surface area contributed by atoms with E-state index in [1.54, 1.807) is 0 Å². The molecule has 5 heteroatoms. The van der Waals surface area contributed by atoms with Gasteiger partial charge in [-0.2, -0.15) is 4.37 Å². The van der Waals surface area contributed by atoms with E-state index in [1.807, 2.05) is 18.2 Å². The topological polar surface area (TPSA) is 60.2 Å². The maximum atomic E-state index is 6.05. The molecular formula is C15H17N3OS. The fourth-order valence-corrected chi connectivity index (χ4v) is 4.04. The van der Waals surface area contributed by atoms with Gasteiger partial charge in [0.15, 0.2) is 0 Å². The second kappa shape index (κ2) is 4.75. The Morgan fingerprint density at radius 3 is 2.80 bits per heavy atom. The van der Waals surface area contributed by atoms with Crippen LogP contribution in [0.4, 0.5) is 10.8 Å². The molecule has 2 saturated heterocycles. The lowest BCUT2D eigenvalue weighted by Gasteiger charge is -2.20. The van der Waals surface area contributed by atoms with Crippen LogP contribution in [0.1, 0.15) is 19.3 Å². The molecule has 3 N–H and O–H groups in total. The average Bonchev–Trinajstić information content (AvgIpc) is 3.16. The maximum Gasteiger partial charge on any atom is 0.147 e. The second-order valence-corrected chi connectivity index (χ2v) is 6.27. The Balaban J connectivity index is 1.63. The van der Waals surface area contributed by atoms with Crippen LogP contribution in [-0.2, 0) is 4.74 Å². The number of aromatic nitrogens is 1. The van der Waals surface area contributed by atoms with E-state index in [0.29, 0.717) is 24.1 Å². The highest BCUT2D eigenvalue weighted by molar-refractivity contribution is 7.11. The average molecular weight is 287 g/mol. The zero-order valence-corrected chi connectivity index (χ0v) is 11.9. The quantitative estimate of drug-likeness (QED) is 0.910. The van der Waals surface area contributed by atoms with Crippen molar-refractivity contribution in [3.63, 3.8) is 0 Å². The normalized spacial score (nSPS) is 27.9. The van der Waals surface area contributed by atoms with Crippen molar-refractivity contribution >= 4 is 22.4 Å². The largest absolute Gasteiger partial charge is 0.382 e. The van der Waals surface area contributed by atoms with Gasteiger partial charge in [0, 0.05) is 0 Å². The Hall–Kier alpha value is -1.59. The Labute approximate surface area is 122 Å². The molecule has 4 rings (SSSR count). The molecule has 20 heavy (non-hydrogen) atoms. The number of rotatable bonds is 3. The first-order chi connectivity index (χ1) is 9.81. The Morgan fingerprint density at radius 1 is 1.25 bits per heavy atom. The summed E-state index contributed by atoms with van der Waals surface area (Å²) in [6.45, 7) is 0. The summed E-state index contributed by atoms with van der Waals surface area (Å²) in [7, 11) is 0. The van der Waals surface area contributed by atoms with Crippen LogP contribution in [0.15, 0.2) is 30.3 Å². The van der Waals surface area contributed by atoms with Crippen LogP contribution in [0.5, 0.6) is 0 Å². The molecule has 1 aromatic carbocycles. The molecule has 104 valence electrons. The van der Waals surface area contributed by atoms with Crippen LogP contribution >= 0.6 is 11.5 Å². The molecule has 0 saturated carbocycles. The first-order valence-corrected chi connectivity index (χ1v) is 7.81. The standard InChI is InChI=1S/C15H17N3OS/c16-14-13(9-4-2-1-3-5-9)15(20-18-14)17-11-8-10-6-7-12(11)19-10/h1-5,10-12,17H,6-8H2,(H2,16,18). The van der Waals surface area contributed by atoms with Gasteiger partial charge in [-0.15, -0.1) is 0 Å². The van der Waals surface area contributed by atoms with Crippen molar-refractivity contribution in [2.75, 3.05) is 11.1 Å². The number of fused-ring (bicyclic) bond motifs is 2. The van der Waals surface area contributed by atoms with Crippen molar-refractivity contribution in [2.24, 2.45) is 0 Å². The SMILES string of the molecule is Nc1nsc(NC2CC3CCC2O3)c1-c1ccccc1. The van der Waals surface area contributed by atoms with Gasteiger partial charge in [0.1, 0.15) is 10.8 Å². The summed E-state index contributed by atoms with van der Waals surface area (Å²) < 4.78 is 10.2. The zero-order chi connectivity index (χ0) is 13.5. The van der Waals surface area contributed by atoms with Crippen molar-refractivity contribution in [3.8, 4) is 11.1 Å². The van der Waals surface area contributed by atoms with Crippen molar-refractivity contribution in [1.29, 1.82) is 0 Å². The lowest BCUT2D eigenvalue weighted by molar-refractivity contribution is 0.102. The lowest BCUT2D eigenvalue weighted by Crippen LogP contribution is -2.30. The molecule has 3 atom stereocenters. The predicted octanol–water partition coefficient (Wildman–Crippen LogP) is 3.12. The van der Waals surface area contributed by atoms with Gasteiger partial charge in [-0.1, -0.05) is 30.3 Å². The van der Waals surface area contributed by atoms with Gasteiger partial charge in [-0.25, -0.2) is 0 Å². The number of benzene rings is 1. The van der Waals surface area contributed by atoms with E-state index in [-0.39, 0.29) is 0 Å². The van der Waals surface area contributed by atoms with Crippen molar-refractivity contribution in [1.82, 2.24) is 4.37 Å². The van der Waals surface area contributed by atoms with Gasteiger partial charge in [0.2, 0.25) is 0 Å². The highest BCUT2D eigenvalue weighted by Crippen LogP contribution is 2.41. The highest BCUT2D eigenvalue weighted by Gasteiger charge is 2.41. The number of nitrogens with zero attached hydrogens (tertiary/aromatic N) is 1. The predicted molar refractivity (Wildman–Crippen MR) is 81.9 cm³/mol. The third kappa shape index (κ3) is 1.98. The van der Waals surface area contributed by atoms with Crippen molar-refractivity contribution in [2.45, 2.75) is 37.5 Å². The maximum absolute atomic E-state index is 6.05. The molecule has 0 radical (unpaired) electrons. The van der Waals surface area contributed by atoms with Gasteiger partial charge in [-0.05, 0) is 36.4 Å². The summed E-state index contributed by atoms with van der Waals surface area (Å²) in [6.07, 6.45) is 4.27. The summed E-state index contributed by atoms with van der Waals surface area (Å²) in [5.74, 6) is 0.604.